The number of fused-ring (bicyclic) bond motifs is 4. The van der Waals surface area contributed by atoms with E-state index >= 15 is 0 Å². The van der Waals surface area contributed by atoms with E-state index in [-0.39, 0.29) is 35.1 Å². The van der Waals surface area contributed by atoms with Gasteiger partial charge in [0.15, 0.2) is 0 Å². The largest absolute Gasteiger partial charge is 0.464 e. The van der Waals surface area contributed by atoms with Gasteiger partial charge in [-0.1, -0.05) is 19.1 Å². The van der Waals surface area contributed by atoms with Gasteiger partial charge in [0.05, 0.1) is 18.0 Å². The molecule has 0 bridgehead atoms. The number of hydrogen-bond acceptors (Lipinski definition) is 4. The number of rotatable bonds is 1. The Kier molecular flexibility index (Phi) is 3.96. The molecule has 2 aliphatic carbocycles. The highest BCUT2D eigenvalue weighted by molar-refractivity contribution is 5.66. The molecule has 3 aliphatic rings. The molecule has 0 aromatic carbocycles. The van der Waals surface area contributed by atoms with Crippen molar-refractivity contribution in [1.82, 2.24) is 0 Å². The van der Waals surface area contributed by atoms with Crippen LogP contribution in [0.3, 0.4) is 0 Å². The summed E-state index contributed by atoms with van der Waals surface area (Å²) in [4.78, 5) is 11.8. The van der Waals surface area contributed by atoms with Gasteiger partial charge in [-0.2, -0.15) is 0 Å². The maximum absolute atomic E-state index is 11.8. The van der Waals surface area contributed by atoms with E-state index in [9.17, 15) is 4.79 Å². The molecule has 0 N–H and O–H groups in total. The summed E-state index contributed by atoms with van der Waals surface area (Å²) in [6.07, 6.45) is 10.9. The van der Waals surface area contributed by atoms with Gasteiger partial charge in [0.25, 0.3) is 0 Å². The van der Waals surface area contributed by atoms with Crippen LogP contribution < -0.4 is 0 Å². The van der Waals surface area contributed by atoms with E-state index in [2.05, 4.69) is 45.9 Å². The third kappa shape index (κ3) is 2.66. The zero-order valence-electron chi connectivity index (χ0n) is 16.3. The number of epoxide rings is 1. The van der Waals surface area contributed by atoms with Crippen molar-refractivity contribution in [2.75, 3.05) is 0 Å². The first-order valence-electron chi connectivity index (χ1n) is 9.51. The molecule has 26 heavy (non-hydrogen) atoms. The lowest BCUT2D eigenvalue weighted by atomic mass is 9.58. The molecule has 1 aromatic rings. The minimum Gasteiger partial charge on any atom is -0.464 e. The average Bonchev–Trinajstić information content (AvgIpc) is 3.09. The molecule has 4 heteroatoms. The topological polar surface area (TPSA) is 52.0 Å². The molecule has 2 fully saturated rings. The maximum atomic E-state index is 11.8. The van der Waals surface area contributed by atoms with Gasteiger partial charge in [-0.3, -0.25) is 4.79 Å². The monoisotopic (exact) mass is 356 g/mol. The minimum absolute atomic E-state index is 0.130. The molecule has 0 spiro atoms. The van der Waals surface area contributed by atoms with Gasteiger partial charge in [-0.05, 0) is 50.8 Å². The van der Waals surface area contributed by atoms with E-state index in [1.807, 2.05) is 6.26 Å². The summed E-state index contributed by atoms with van der Waals surface area (Å²) in [5.74, 6) is 0.977. The van der Waals surface area contributed by atoms with E-state index in [1.54, 1.807) is 0 Å². The lowest BCUT2D eigenvalue weighted by Gasteiger charge is -2.47. The Hall–Kier alpha value is -1.81. The van der Waals surface area contributed by atoms with Crippen LogP contribution in [0.2, 0.25) is 0 Å². The summed E-state index contributed by atoms with van der Waals surface area (Å²) < 4.78 is 17.8. The number of aryl methyl sites for hydroxylation is 1. The lowest BCUT2D eigenvalue weighted by molar-refractivity contribution is -0.160. The van der Waals surface area contributed by atoms with Crippen molar-refractivity contribution in [1.29, 1.82) is 0 Å². The molecule has 2 heterocycles. The van der Waals surface area contributed by atoms with Crippen molar-refractivity contribution in [2.45, 2.75) is 71.7 Å². The summed E-state index contributed by atoms with van der Waals surface area (Å²) in [5.41, 5.74) is 3.25. The number of furan rings is 1. The van der Waals surface area contributed by atoms with Gasteiger partial charge < -0.3 is 13.9 Å². The third-order valence-corrected chi connectivity index (χ3v) is 6.78. The van der Waals surface area contributed by atoms with Crippen molar-refractivity contribution < 1.29 is 18.7 Å². The first-order valence-corrected chi connectivity index (χ1v) is 9.51. The standard InChI is InChI=1S/C22H28O4/c1-13-7-6-8-21(4)18(10-16-14(2)12-24-17(16)9-13)22(5)20(26-22)11-19(21)25-15(3)23/h6-7,9,12,18-20H,8,10-11H2,1-5H3/b7-6-,13-9-/t18-,19+,20+,21-,22-/m1/s1. The molecule has 140 valence electrons. The van der Waals surface area contributed by atoms with E-state index in [0.29, 0.717) is 0 Å². The highest BCUT2D eigenvalue weighted by Gasteiger charge is 2.68. The first-order chi connectivity index (χ1) is 12.2. The van der Waals surface area contributed by atoms with Gasteiger partial charge in [0, 0.05) is 30.2 Å². The Morgan fingerprint density at radius 3 is 2.81 bits per heavy atom. The quantitative estimate of drug-likeness (QED) is 0.545. The number of carbonyl (C=O) groups is 1. The molecule has 4 rings (SSSR count). The Morgan fingerprint density at radius 1 is 1.31 bits per heavy atom. The van der Waals surface area contributed by atoms with Crippen LogP contribution in [-0.2, 0) is 20.7 Å². The third-order valence-electron chi connectivity index (χ3n) is 6.78. The van der Waals surface area contributed by atoms with Crippen LogP contribution in [0.1, 0.15) is 57.4 Å². The Morgan fingerprint density at radius 2 is 2.08 bits per heavy atom. The molecular weight excluding hydrogens is 328 g/mol. The van der Waals surface area contributed by atoms with Crippen molar-refractivity contribution >= 4 is 12.0 Å². The molecular formula is C22H28O4. The number of allylic oxidation sites excluding steroid dienone is 3. The molecule has 4 nitrogen and oxygen atoms in total. The number of esters is 1. The number of hydrogen-bond donors (Lipinski definition) is 0. The molecule has 0 unspecified atom stereocenters. The normalized spacial score (nSPS) is 41.7. The second-order valence-corrected chi connectivity index (χ2v) is 8.64. The molecule has 1 saturated heterocycles. The van der Waals surface area contributed by atoms with E-state index < -0.39 is 0 Å². The second-order valence-electron chi connectivity index (χ2n) is 8.64. The molecule has 5 atom stereocenters. The SMILES string of the molecule is CC(=O)O[C@H]1C[C@@H]2O[C@]2(C)[C@@H]2Cc3c(C)coc3/C=C(C)\C=C/C[C@@]12C. The lowest BCUT2D eigenvalue weighted by Crippen LogP contribution is -2.53. The van der Waals surface area contributed by atoms with Crippen molar-refractivity contribution in [3.63, 3.8) is 0 Å². The predicted molar refractivity (Wildman–Crippen MR) is 99.6 cm³/mol. The first kappa shape index (κ1) is 17.6. The fraction of sp³-hybridized carbons (Fsp3) is 0.591. The van der Waals surface area contributed by atoms with Gasteiger partial charge >= 0.3 is 5.97 Å². The summed E-state index contributed by atoms with van der Waals surface area (Å²) in [5, 5.41) is 0. The summed E-state index contributed by atoms with van der Waals surface area (Å²) >= 11 is 0. The van der Waals surface area contributed by atoms with Gasteiger partial charge in [0.2, 0.25) is 0 Å². The van der Waals surface area contributed by atoms with Crippen LogP contribution >= 0.6 is 0 Å². The Labute approximate surface area is 155 Å². The maximum Gasteiger partial charge on any atom is 0.302 e. The van der Waals surface area contributed by atoms with Gasteiger partial charge in [-0.15, -0.1) is 0 Å². The zero-order valence-corrected chi connectivity index (χ0v) is 16.3. The molecule has 0 radical (unpaired) electrons. The fourth-order valence-corrected chi connectivity index (χ4v) is 5.13. The van der Waals surface area contributed by atoms with Crippen LogP contribution in [0.4, 0.5) is 0 Å². The number of ether oxygens (including phenoxy) is 2. The second kappa shape index (κ2) is 5.85. The van der Waals surface area contributed by atoms with E-state index in [4.69, 9.17) is 13.9 Å². The van der Waals surface area contributed by atoms with Crippen LogP contribution in [-0.4, -0.2) is 23.8 Å². The summed E-state index contributed by atoms with van der Waals surface area (Å²) in [6, 6.07) is 0. The predicted octanol–water partition coefficient (Wildman–Crippen LogP) is 4.61. The van der Waals surface area contributed by atoms with Crippen molar-refractivity contribution in [3.8, 4) is 0 Å². The van der Waals surface area contributed by atoms with E-state index in [0.717, 1.165) is 30.6 Å². The highest BCUT2D eigenvalue weighted by Crippen LogP contribution is 2.61. The minimum atomic E-state index is -0.212. The van der Waals surface area contributed by atoms with Gasteiger partial charge in [-0.25, -0.2) is 0 Å². The smallest absolute Gasteiger partial charge is 0.302 e. The van der Waals surface area contributed by atoms with Crippen molar-refractivity contribution in [2.24, 2.45) is 11.3 Å². The Bertz CT molecular complexity index is 801. The average molecular weight is 356 g/mol. The summed E-state index contributed by atoms with van der Waals surface area (Å²) in [6.45, 7) is 10.2. The zero-order chi connectivity index (χ0) is 18.7. The number of carbonyl (C=O) groups excluding carboxylic acids is 1. The highest BCUT2D eigenvalue weighted by atomic mass is 16.6. The fourth-order valence-electron chi connectivity index (χ4n) is 5.13. The molecule has 1 aliphatic heterocycles. The van der Waals surface area contributed by atoms with Crippen molar-refractivity contribution in [3.05, 3.63) is 40.9 Å². The van der Waals surface area contributed by atoms with Crippen LogP contribution in [0.5, 0.6) is 0 Å². The molecule has 0 amide bonds. The molecule has 1 aromatic heterocycles. The van der Waals surface area contributed by atoms with E-state index in [1.165, 1.54) is 18.1 Å². The Balaban J connectivity index is 1.82. The summed E-state index contributed by atoms with van der Waals surface area (Å²) in [7, 11) is 0. The van der Waals surface area contributed by atoms with Gasteiger partial charge in [0.1, 0.15) is 11.9 Å². The van der Waals surface area contributed by atoms with Crippen LogP contribution in [0.25, 0.3) is 6.08 Å². The van der Waals surface area contributed by atoms with Crippen LogP contribution in [0.15, 0.2) is 28.4 Å². The molecule has 1 saturated carbocycles. The van der Waals surface area contributed by atoms with Crippen LogP contribution in [0, 0.1) is 18.3 Å².